The molecule has 6 rings (SSSR count). The predicted molar refractivity (Wildman–Crippen MR) is 172 cm³/mol. The number of para-hydroxylation sites is 2. The van der Waals surface area contributed by atoms with Crippen molar-refractivity contribution in [3.8, 4) is 23.0 Å². The number of halogens is 1. The molecule has 0 saturated carbocycles. The molecule has 0 fully saturated rings. The molecule has 45 heavy (non-hydrogen) atoms. The first-order chi connectivity index (χ1) is 21.9. The van der Waals surface area contributed by atoms with Gasteiger partial charge in [0, 0.05) is 36.5 Å². The van der Waals surface area contributed by atoms with Gasteiger partial charge < -0.3 is 29.2 Å². The summed E-state index contributed by atoms with van der Waals surface area (Å²) in [5.41, 5.74) is 3.13. The number of benzene rings is 4. The Labute approximate surface area is 259 Å². The number of hydrogen-bond donors (Lipinski definition) is 2. The van der Waals surface area contributed by atoms with E-state index in [1.54, 1.807) is 56.7 Å². The monoisotopic (exact) mass is 611 g/mol. The highest BCUT2D eigenvalue weighted by Gasteiger charge is 2.20. The molecule has 10 heteroatoms. The van der Waals surface area contributed by atoms with E-state index in [4.69, 9.17) is 18.9 Å². The van der Waals surface area contributed by atoms with Crippen LogP contribution < -0.4 is 29.7 Å². The molecule has 1 amide bonds. The molecule has 2 N–H and O–H groups in total. The lowest BCUT2D eigenvalue weighted by molar-refractivity contribution is 0.102. The topological polar surface area (TPSA) is 102 Å². The van der Waals surface area contributed by atoms with E-state index in [1.165, 1.54) is 30.4 Å². The second-order valence-corrected chi connectivity index (χ2v) is 10.9. The Bertz CT molecular complexity index is 1960. The number of fused-ring (bicyclic) bond motifs is 3. The number of aromatic amines is 1. The van der Waals surface area contributed by atoms with Gasteiger partial charge in [-0.3, -0.25) is 14.5 Å². The molecule has 0 atom stereocenters. The summed E-state index contributed by atoms with van der Waals surface area (Å²) in [6.07, 6.45) is 1.78. The predicted octanol–water partition coefficient (Wildman–Crippen LogP) is 5.93. The zero-order valence-electron chi connectivity index (χ0n) is 25.4. The molecule has 1 aromatic heterocycles. The van der Waals surface area contributed by atoms with Gasteiger partial charge in [0.1, 0.15) is 17.3 Å². The molecule has 0 aliphatic carbocycles. The lowest BCUT2D eigenvalue weighted by Gasteiger charge is -2.29. The number of amides is 1. The zero-order valence-corrected chi connectivity index (χ0v) is 25.4. The molecule has 2 heterocycles. The molecule has 232 valence electrons. The molecule has 0 bridgehead atoms. The fourth-order valence-electron chi connectivity index (χ4n) is 5.84. The Morgan fingerprint density at radius 2 is 1.60 bits per heavy atom. The van der Waals surface area contributed by atoms with Crippen LogP contribution in [0.3, 0.4) is 0 Å². The lowest BCUT2D eigenvalue weighted by atomic mass is 9.98. The zero-order chi connectivity index (χ0) is 31.5. The molecule has 9 nitrogen and oxygen atoms in total. The van der Waals surface area contributed by atoms with E-state index in [-0.39, 0.29) is 27.4 Å². The van der Waals surface area contributed by atoms with Crippen molar-refractivity contribution >= 4 is 33.4 Å². The Morgan fingerprint density at radius 3 is 2.36 bits per heavy atom. The molecular weight excluding hydrogens is 577 g/mol. The van der Waals surface area contributed by atoms with E-state index in [0.717, 1.165) is 44.0 Å². The smallest absolute Gasteiger partial charge is 0.257 e. The maximum atomic E-state index is 14.5. The summed E-state index contributed by atoms with van der Waals surface area (Å²) < 4.78 is 37.0. The second kappa shape index (κ2) is 12.9. The third kappa shape index (κ3) is 6.01. The highest BCUT2D eigenvalue weighted by atomic mass is 19.1. The normalized spacial score (nSPS) is 13.0. The maximum absolute atomic E-state index is 14.5. The minimum atomic E-state index is -0.568. The first-order valence-corrected chi connectivity index (χ1v) is 14.7. The largest absolute Gasteiger partial charge is 0.494 e. The number of aromatic nitrogens is 1. The van der Waals surface area contributed by atoms with Crippen LogP contribution in [0.5, 0.6) is 23.0 Å². The number of carbonyl (C=O) groups is 1. The third-order valence-corrected chi connectivity index (χ3v) is 8.17. The maximum Gasteiger partial charge on any atom is 0.257 e. The molecule has 5 aromatic rings. The highest BCUT2D eigenvalue weighted by molar-refractivity contribution is 6.13. The number of nitrogens with one attached hydrogen (secondary N) is 2. The second-order valence-electron chi connectivity index (χ2n) is 10.9. The van der Waals surface area contributed by atoms with E-state index in [1.807, 2.05) is 0 Å². The third-order valence-electron chi connectivity index (χ3n) is 8.17. The summed E-state index contributed by atoms with van der Waals surface area (Å²) in [5.74, 6) is 1.49. The van der Waals surface area contributed by atoms with E-state index in [0.29, 0.717) is 29.2 Å². The van der Waals surface area contributed by atoms with Crippen molar-refractivity contribution in [3.63, 3.8) is 0 Å². The number of nitrogens with zero attached hydrogens (tertiary/aromatic N) is 1. The van der Waals surface area contributed by atoms with Crippen LogP contribution in [0.1, 0.15) is 27.9 Å². The van der Waals surface area contributed by atoms with Gasteiger partial charge >= 0.3 is 0 Å². The Kier molecular flexibility index (Phi) is 8.57. The van der Waals surface area contributed by atoms with Crippen LogP contribution in [0.25, 0.3) is 21.8 Å². The first kappa shape index (κ1) is 30.0. The fraction of sp³-hybridized carbons (Fsp3) is 0.257. The van der Waals surface area contributed by atoms with Gasteiger partial charge in [0.15, 0.2) is 16.9 Å². The van der Waals surface area contributed by atoms with Crippen LogP contribution in [0.2, 0.25) is 0 Å². The number of rotatable bonds is 10. The van der Waals surface area contributed by atoms with Crippen molar-refractivity contribution in [2.75, 3.05) is 46.3 Å². The van der Waals surface area contributed by atoms with Gasteiger partial charge in [-0.05, 0) is 72.5 Å². The van der Waals surface area contributed by atoms with Gasteiger partial charge in [0.2, 0.25) is 0 Å². The quantitative estimate of drug-likeness (QED) is 0.149. The van der Waals surface area contributed by atoms with Gasteiger partial charge in [-0.25, -0.2) is 4.39 Å². The van der Waals surface area contributed by atoms with E-state index in [9.17, 15) is 14.0 Å². The number of hydrogen-bond acceptors (Lipinski definition) is 7. The molecular formula is C35H34FN3O6. The Hall–Kier alpha value is -5.09. The summed E-state index contributed by atoms with van der Waals surface area (Å²) >= 11 is 0. The number of anilines is 1. The van der Waals surface area contributed by atoms with Crippen molar-refractivity contribution in [2.24, 2.45) is 0 Å². The summed E-state index contributed by atoms with van der Waals surface area (Å²) in [6.45, 7) is 3.19. The van der Waals surface area contributed by atoms with E-state index < -0.39 is 11.7 Å². The summed E-state index contributed by atoms with van der Waals surface area (Å²) in [6, 6.07) is 18.5. The number of carbonyl (C=O) groups excluding carboxylic acids is 1. The summed E-state index contributed by atoms with van der Waals surface area (Å²) in [7, 11) is 4.81. The van der Waals surface area contributed by atoms with Crippen LogP contribution in [-0.2, 0) is 13.0 Å². The molecule has 0 unspecified atom stereocenters. The molecule has 0 saturated heterocycles. The number of H-pyrrole nitrogens is 1. The van der Waals surface area contributed by atoms with Crippen LogP contribution in [0.15, 0.2) is 71.5 Å². The molecule has 1 aliphatic heterocycles. The van der Waals surface area contributed by atoms with Crippen molar-refractivity contribution in [2.45, 2.75) is 19.4 Å². The molecule has 0 spiro atoms. The Balaban J connectivity index is 1.09. The molecule has 0 radical (unpaired) electrons. The number of methoxy groups -OCH3 is 3. The van der Waals surface area contributed by atoms with Gasteiger partial charge in [0.25, 0.3) is 5.91 Å². The SMILES string of the molecule is COc1cc(OCCCN2CCc3cc(OC)c(OC)cc3C2)ccc1NC(=O)c1cccc2c(=O)c3cccc(F)c3[nH]c12. The van der Waals surface area contributed by atoms with Crippen LogP contribution in [-0.4, -0.2) is 56.8 Å². The van der Waals surface area contributed by atoms with Gasteiger partial charge in [0.05, 0.1) is 50.2 Å². The number of ether oxygens (including phenoxy) is 4. The van der Waals surface area contributed by atoms with Gasteiger partial charge in [-0.15, -0.1) is 0 Å². The lowest BCUT2D eigenvalue weighted by Crippen LogP contribution is -2.32. The molecule has 1 aliphatic rings. The average molecular weight is 612 g/mol. The van der Waals surface area contributed by atoms with Crippen LogP contribution >= 0.6 is 0 Å². The minimum Gasteiger partial charge on any atom is -0.494 e. The average Bonchev–Trinajstić information content (AvgIpc) is 3.06. The minimum absolute atomic E-state index is 0.0559. The van der Waals surface area contributed by atoms with Crippen molar-refractivity contribution < 1.29 is 28.1 Å². The highest BCUT2D eigenvalue weighted by Crippen LogP contribution is 2.34. The summed E-state index contributed by atoms with van der Waals surface area (Å²) in [5, 5.41) is 3.37. The van der Waals surface area contributed by atoms with Crippen molar-refractivity contribution in [1.82, 2.24) is 9.88 Å². The van der Waals surface area contributed by atoms with Crippen LogP contribution in [0, 0.1) is 5.82 Å². The van der Waals surface area contributed by atoms with Gasteiger partial charge in [-0.1, -0.05) is 12.1 Å². The fourth-order valence-corrected chi connectivity index (χ4v) is 5.84. The van der Waals surface area contributed by atoms with Crippen LogP contribution in [0.4, 0.5) is 10.1 Å². The summed E-state index contributed by atoms with van der Waals surface area (Å²) in [4.78, 5) is 31.8. The Morgan fingerprint density at radius 1 is 0.889 bits per heavy atom. The first-order valence-electron chi connectivity index (χ1n) is 14.7. The van der Waals surface area contributed by atoms with Crippen molar-refractivity contribution in [1.29, 1.82) is 0 Å². The molecule has 4 aromatic carbocycles. The number of pyridine rings is 1. The van der Waals surface area contributed by atoms with Crippen molar-refractivity contribution in [3.05, 3.63) is 99.5 Å². The van der Waals surface area contributed by atoms with E-state index >= 15 is 0 Å². The van der Waals surface area contributed by atoms with E-state index in [2.05, 4.69) is 27.3 Å². The standard InChI is InChI=1S/C35H34FN3O6/c1-42-29-19-23(45-16-6-14-39-15-13-21-17-30(43-2)31(44-3)18-22(21)20-39)11-12-28(29)37-35(41)26-9-4-7-24-32(26)38-33-25(34(24)40)8-5-10-27(33)36/h4-5,7-12,17-19H,6,13-16,20H2,1-3H3,(H,37,41)(H,38,40). The van der Waals surface area contributed by atoms with Gasteiger partial charge in [-0.2, -0.15) is 0 Å².